The van der Waals surface area contributed by atoms with Crippen LogP contribution in [-0.2, 0) is 9.84 Å². The smallest absolute Gasteiger partial charge is 0.165 e. The van der Waals surface area contributed by atoms with Gasteiger partial charge in [-0.3, -0.25) is 0 Å². The third-order valence-electron chi connectivity index (χ3n) is 0.166. The summed E-state index contributed by atoms with van der Waals surface area (Å²) in [5.41, 5.74) is 0. The van der Waals surface area contributed by atoms with Gasteiger partial charge in [0, 0.05) is 0 Å². The second kappa shape index (κ2) is 1.80. The van der Waals surface area contributed by atoms with Gasteiger partial charge in [0.15, 0.2) is 9.84 Å². The first-order valence-corrected chi connectivity index (χ1v) is 3.53. The number of hydrogen-bond donors (Lipinski definition) is 0. The molecule has 0 amide bonds. The van der Waals surface area contributed by atoms with Gasteiger partial charge in [-0.2, -0.15) is 0 Å². The lowest BCUT2D eigenvalue weighted by Crippen LogP contribution is -1.90. The van der Waals surface area contributed by atoms with Crippen molar-refractivity contribution in [3.05, 3.63) is 6.26 Å². The van der Waals surface area contributed by atoms with Crippen LogP contribution in [0.25, 0.3) is 0 Å². The molecule has 0 atom stereocenters. The number of alkyl halides is 1. The summed E-state index contributed by atoms with van der Waals surface area (Å²) in [4.78, 5) is 0. The molecule has 0 aliphatic heterocycles. The van der Waals surface area contributed by atoms with Gasteiger partial charge in [-0.15, -0.1) is 11.6 Å². The number of hydrogen-bond acceptors (Lipinski definition) is 2. The lowest BCUT2D eigenvalue weighted by molar-refractivity contribution is 0.608. The Morgan fingerprint density at radius 1 is 1.67 bits per heavy atom. The standard InChI is InChI=1S/C2H4ClO2S/c1-6(4,5)2-3/h1-2H2. The molecule has 0 N–H and O–H groups in total. The fourth-order valence-electron chi connectivity index (χ4n) is 0. The van der Waals surface area contributed by atoms with Crippen molar-refractivity contribution in [2.24, 2.45) is 0 Å². The van der Waals surface area contributed by atoms with Crippen LogP contribution < -0.4 is 0 Å². The molecule has 0 aromatic rings. The Labute approximate surface area is 42.0 Å². The van der Waals surface area contributed by atoms with Crippen molar-refractivity contribution < 1.29 is 8.42 Å². The molecule has 0 spiro atoms. The van der Waals surface area contributed by atoms with Crippen LogP contribution in [0.4, 0.5) is 0 Å². The minimum absolute atomic E-state index is 0.396. The van der Waals surface area contributed by atoms with E-state index < -0.39 is 15.0 Å². The van der Waals surface area contributed by atoms with E-state index >= 15 is 0 Å². The molecule has 6 heavy (non-hydrogen) atoms. The molecule has 0 aromatic carbocycles. The van der Waals surface area contributed by atoms with Crippen molar-refractivity contribution >= 4 is 21.4 Å². The Morgan fingerprint density at radius 3 is 1.83 bits per heavy atom. The van der Waals surface area contributed by atoms with Crippen LogP contribution in [0.3, 0.4) is 0 Å². The van der Waals surface area contributed by atoms with Gasteiger partial charge in [0.25, 0.3) is 0 Å². The van der Waals surface area contributed by atoms with Gasteiger partial charge in [0.1, 0.15) is 5.21 Å². The van der Waals surface area contributed by atoms with Gasteiger partial charge in [-0.25, -0.2) is 8.42 Å². The van der Waals surface area contributed by atoms with Crippen molar-refractivity contribution in [3.63, 3.8) is 0 Å². The highest BCUT2D eigenvalue weighted by molar-refractivity contribution is 7.93. The lowest BCUT2D eigenvalue weighted by Gasteiger charge is -1.78. The minimum Gasteiger partial charge on any atom is -0.228 e. The fraction of sp³-hybridized carbons (Fsp3) is 0.500. The monoisotopic (exact) mass is 127 g/mol. The maximum Gasteiger partial charge on any atom is 0.165 e. The molecule has 0 heterocycles. The van der Waals surface area contributed by atoms with Crippen LogP contribution in [0.2, 0.25) is 0 Å². The number of halogens is 1. The molecule has 0 fully saturated rings. The lowest BCUT2D eigenvalue weighted by atomic mass is 11.9. The Morgan fingerprint density at radius 2 is 1.83 bits per heavy atom. The number of rotatable bonds is 1. The normalized spacial score (nSPS) is 11.7. The summed E-state index contributed by atoms with van der Waals surface area (Å²) in [5.74, 6) is 0. The van der Waals surface area contributed by atoms with Gasteiger partial charge in [0.2, 0.25) is 0 Å². The van der Waals surface area contributed by atoms with Gasteiger partial charge in [-0.05, 0) is 0 Å². The van der Waals surface area contributed by atoms with E-state index in [4.69, 9.17) is 11.6 Å². The van der Waals surface area contributed by atoms with Crippen LogP contribution in [0.5, 0.6) is 0 Å². The molecular weight excluding hydrogens is 124 g/mol. The van der Waals surface area contributed by atoms with E-state index in [0.29, 0.717) is 0 Å². The fourth-order valence-corrected chi connectivity index (χ4v) is 0. The van der Waals surface area contributed by atoms with Crippen LogP contribution in [0, 0.1) is 6.26 Å². The minimum atomic E-state index is -3.15. The molecule has 0 unspecified atom stereocenters. The zero-order valence-electron chi connectivity index (χ0n) is 3.02. The molecule has 1 radical (unpaired) electrons. The maximum absolute atomic E-state index is 9.76. The van der Waals surface area contributed by atoms with Crippen LogP contribution in [0.15, 0.2) is 0 Å². The largest absolute Gasteiger partial charge is 0.228 e. The summed E-state index contributed by atoms with van der Waals surface area (Å²) in [6.45, 7) is 0. The van der Waals surface area contributed by atoms with E-state index in [9.17, 15) is 8.42 Å². The predicted octanol–water partition coefficient (Wildman–Crippen LogP) is 0.389. The van der Waals surface area contributed by atoms with E-state index in [1.807, 2.05) is 0 Å². The predicted molar refractivity (Wildman–Crippen MR) is 25.0 cm³/mol. The molecule has 0 saturated heterocycles. The first-order chi connectivity index (χ1) is 2.56. The summed E-state index contributed by atoms with van der Waals surface area (Å²) in [7, 11) is -3.15. The molecule has 0 aliphatic rings. The van der Waals surface area contributed by atoms with E-state index in [0.717, 1.165) is 0 Å². The number of sulfone groups is 1. The topological polar surface area (TPSA) is 34.1 Å². The SMILES string of the molecule is [CH2]S(=O)(=O)CCl. The Hall–Kier alpha value is 0.240. The van der Waals surface area contributed by atoms with Gasteiger partial charge < -0.3 is 0 Å². The van der Waals surface area contributed by atoms with E-state index in [-0.39, 0.29) is 0 Å². The van der Waals surface area contributed by atoms with Crippen LogP contribution >= 0.6 is 11.6 Å². The second-order valence-electron chi connectivity index (χ2n) is 0.853. The van der Waals surface area contributed by atoms with Crippen LogP contribution in [0.1, 0.15) is 0 Å². The van der Waals surface area contributed by atoms with E-state index in [1.165, 1.54) is 0 Å². The molecule has 0 aromatic heterocycles. The zero-order valence-corrected chi connectivity index (χ0v) is 4.59. The third kappa shape index (κ3) is 4.24. The summed E-state index contributed by atoms with van der Waals surface area (Å²) in [6.07, 6.45) is 2.73. The van der Waals surface area contributed by atoms with E-state index in [1.54, 1.807) is 0 Å². The summed E-state index contributed by atoms with van der Waals surface area (Å²) in [6, 6.07) is 0. The van der Waals surface area contributed by atoms with Crippen molar-refractivity contribution in [2.75, 3.05) is 5.21 Å². The Bertz CT molecular complexity index is 114. The molecule has 0 rings (SSSR count). The Kier molecular flexibility index (Phi) is 1.87. The van der Waals surface area contributed by atoms with Crippen molar-refractivity contribution in [1.82, 2.24) is 0 Å². The highest BCUT2D eigenvalue weighted by Gasteiger charge is 1.93. The van der Waals surface area contributed by atoms with Crippen molar-refractivity contribution in [3.8, 4) is 0 Å². The molecule has 0 aliphatic carbocycles. The molecule has 4 heteroatoms. The van der Waals surface area contributed by atoms with Gasteiger partial charge in [0.05, 0.1) is 6.26 Å². The zero-order chi connectivity index (χ0) is 5.21. The molecule has 2 nitrogen and oxygen atoms in total. The van der Waals surface area contributed by atoms with Crippen molar-refractivity contribution in [1.29, 1.82) is 0 Å². The quantitative estimate of drug-likeness (QED) is 0.478. The molecule has 37 valence electrons. The molecule has 0 saturated carbocycles. The molecular formula is C2H4ClO2S. The highest BCUT2D eigenvalue weighted by Crippen LogP contribution is 1.86. The average Bonchev–Trinajstić information content (AvgIpc) is 1.35. The van der Waals surface area contributed by atoms with Crippen molar-refractivity contribution in [2.45, 2.75) is 0 Å². The van der Waals surface area contributed by atoms with Gasteiger partial charge in [-0.1, -0.05) is 0 Å². The summed E-state index contributed by atoms with van der Waals surface area (Å²) < 4.78 is 19.5. The van der Waals surface area contributed by atoms with Gasteiger partial charge >= 0.3 is 0 Å². The molecule has 0 bridgehead atoms. The van der Waals surface area contributed by atoms with Crippen LogP contribution in [-0.4, -0.2) is 13.6 Å². The second-order valence-corrected chi connectivity index (χ2v) is 3.21. The maximum atomic E-state index is 9.76. The van der Waals surface area contributed by atoms with E-state index in [2.05, 4.69) is 6.26 Å². The highest BCUT2D eigenvalue weighted by atomic mass is 35.5. The first-order valence-electron chi connectivity index (χ1n) is 1.18. The summed E-state index contributed by atoms with van der Waals surface area (Å²) >= 11 is 4.83. The third-order valence-corrected chi connectivity index (χ3v) is 1.50. The average molecular weight is 128 g/mol. The summed E-state index contributed by atoms with van der Waals surface area (Å²) in [5, 5.41) is -0.396. The first kappa shape index (κ1) is 6.24. The Balaban J connectivity index is 3.85.